The normalized spacial score (nSPS) is 11.6. The van der Waals surface area contributed by atoms with Crippen molar-refractivity contribution >= 4 is 11.7 Å². The van der Waals surface area contributed by atoms with Gasteiger partial charge in [0.15, 0.2) is 23.3 Å². The van der Waals surface area contributed by atoms with E-state index in [0.29, 0.717) is 4.90 Å². The van der Waals surface area contributed by atoms with Gasteiger partial charge in [-0.05, 0) is 20.8 Å². The third-order valence-corrected chi connectivity index (χ3v) is 2.97. The summed E-state index contributed by atoms with van der Waals surface area (Å²) < 4.78 is 66.6. The van der Waals surface area contributed by atoms with E-state index in [0.717, 1.165) is 13.8 Å². The van der Waals surface area contributed by atoms with E-state index in [1.165, 1.54) is 6.92 Å². The summed E-state index contributed by atoms with van der Waals surface area (Å²) in [5, 5.41) is 9.03. The minimum atomic E-state index is -2.28. The van der Waals surface area contributed by atoms with Crippen molar-refractivity contribution in [2.24, 2.45) is 0 Å². The Balaban J connectivity index is 3.64. The Morgan fingerprint density at radius 3 is 1.65 bits per heavy atom. The lowest BCUT2D eigenvalue weighted by Crippen LogP contribution is -2.51. The van der Waals surface area contributed by atoms with Gasteiger partial charge in [-0.1, -0.05) is 0 Å². The number of aliphatic carboxylic acids is 1. The molecule has 0 atom stereocenters. The van der Waals surface area contributed by atoms with Crippen molar-refractivity contribution in [2.75, 3.05) is 11.4 Å². The van der Waals surface area contributed by atoms with E-state index in [4.69, 9.17) is 5.11 Å². The maximum atomic E-state index is 13.7. The van der Waals surface area contributed by atoms with Gasteiger partial charge in [-0.2, -0.15) is 0 Å². The molecule has 0 amide bonds. The number of carboxylic acids is 1. The third-order valence-electron chi connectivity index (χ3n) is 2.97. The molecule has 0 aromatic heterocycles. The Bertz CT molecular complexity index is 530. The van der Waals surface area contributed by atoms with Crippen LogP contribution in [-0.4, -0.2) is 23.2 Å². The lowest BCUT2D eigenvalue weighted by Gasteiger charge is -2.36. The number of carboxylic acid groups (broad SMARTS) is 1. The molecule has 0 saturated heterocycles. The molecule has 0 heterocycles. The first kappa shape index (κ1) is 16.2. The Morgan fingerprint density at radius 2 is 1.35 bits per heavy atom. The molecule has 8 heteroatoms. The van der Waals surface area contributed by atoms with Gasteiger partial charge in [0.2, 0.25) is 5.82 Å². The van der Waals surface area contributed by atoms with Gasteiger partial charge in [0, 0.05) is 6.54 Å². The van der Waals surface area contributed by atoms with Crippen LogP contribution in [0.5, 0.6) is 0 Å². The number of hydrogen-bond donors (Lipinski definition) is 1. The number of hydrogen-bond acceptors (Lipinski definition) is 2. The van der Waals surface area contributed by atoms with Crippen LogP contribution in [0.3, 0.4) is 0 Å². The molecule has 112 valence electrons. The van der Waals surface area contributed by atoms with E-state index in [1.807, 2.05) is 0 Å². The van der Waals surface area contributed by atoms with Gasteiger partial charge >= 0.3 is 5.97 Å². The van der Waals surface area contributed by atoms with E-state index in [-0.39, 0.29) is 6.54 Å². The standard InChI is InChI=1S/C12H12F5NO2/c1-4-18(12(2,3)11(19)20)10-8(16)6(14)5(13)7(15)9(10)17/h4H2,1-3H3,(H,19,20). The Morgan fingerprint density at radius 1 is 1.00 bits per heavy atom. The first-order valence-electron chi connectivity index (χ1n) is 5.59. The van der Waals surface area contributed by atoms with Crippen molar-refractivity contribution in [3.05, 3.63) is 29.1 Å². The number of halogens is 5. The second-order valence-electron chi connectivity index (χ2n) is 4.53. The highest BCUT2D eigenvalue weighted by molar-refractivity contribution is 5.82. The van der Waals surface area contributed by atoms with Crippen LogP contribution in [0.2, 0.25) is 0 Å². The van der Waals surface area contributed by atoms with E-state index in [1.54, 1.807) is 0 Å². The zero-order chi connectivity index (χ0) is 15.8. The van der Waals surface area contributed by atoms with Gasteiger partial charge in [-0.25, -0.2) is 26.7 Å². The zero-order valence-electron chi connectivity index (χ0n) is 10.9. The maximum Gasteiger partial charge on any atom is 0.328 e. The SMILES string of the molecule is CCN(c1c(F)c(F)c(F)c(F)c1F)C(C)(C)C(=O)O. The van der Waals surface area contributed by atoms with Crippen LogP contribution in [0.1, 0.15) is 20.8 Å². The highest BCUT2D eigenvalue weighted by Gasteiger charge is 2.39. The van der Waals surface area contributed by atoms with Crippen molar-refractivity contribution in [3.8, 4) is 0 Å². The summed E-state index contributed by atoms with van der Waals surface area (Å²) in [7, 11) is 0. The molecule has 0 aliphatic heterocycles. The molecule has 1 N–H and O–H groups in total. The summed E-state index contributed by atoms with van der Waals surface area (Å²) in [6.45, 7) is 3.26. The second-order valence-corrected chi connectivity index (χ2v) is 4.53. The van der Waals surface area contributed by atoms with Crippen LogP contribution < -0.4 is 4.90 Å². The molecular weight excluding hydrogens is 285 g/mol. The van der Waals surface area contributed by atoms with Gasteiger partial charge < -0.3 is 10.0 Å². The predicted octanol–water partition coefficient (Wildman–Crippen LogP) is 3.07. The Kier molecular flexibility index (Phi) is 4.26. The molecule has 20 heavy (non-hydrogen) atoms. The average molecular weight is 297 g/mol. The largest absolute Gasteiger partial charge is 0.480 e. The average Bonchev–Trinajstić information content (AvgIpc) is 2.38. The highest BCUT2D eigenvalue weighted by atomic mass is 19.2. The fourth-order valence-corrected chi connectivity index (χ4v) is 1.78. The number of rotatable bonds is 4. The molecule has 1 aromatic carbocycles. The number of carbonyl (C=O) groups is 1. The van der Waals surface area contributed by atoms with Crippen LogP contribution in [-0.2, 0) is 4.79 Å². The van der Waals surface area contributed by atoms with E-state index in [2.05, 4.69) is 0 Å². The highest BCUT2D eigenvalue weighted by Crippen LogP contribution is 2.34. The van der Waals surface area contributed by atoms with Gasteiger partial charge in [-0.15, -0.1) is 0 Å². The Hall–Kier alpha value is -1.86. The summed E-state index contributed by atoms with van der Waals surface area (Å²) in [6.07, 6.45) is 0. The molecular formula is C12H12F5NO2. The number of benzene rings is 1. The summed E-state index contributed by atoms with van der Waals surface area (Å²) in [6, 6.07) is 0. The molecule has 3 nitrogen and oxygen atoms in total. The van der Waals surface area contributed by atoms with Crippen LogP contribution in [0.4, 0.5) is 27.6 Å². The monoisotopic (exact) mass is 297 g/mol. The Labute approximate surface area is 111 Å². The maximum absolute atomic E-state index is 13.7. The molecule has 0 aliphatic carbocycles. The first-order valence-corrected chi connectivity index (χ1v) is 5.59. The molecule has 1 rings (SSSR count). The van der Waals surface area contributed by atoms with Gasteiger partial charge in [0.1, 0.15) is 11.2 Å². The van der Waals surface area contributed by atoms with Crippen LogP contribution in [0, 0.1) is 29.1 Å². The molecule has 0 bridgehead atoms. The van der Waals surface area contributed by atoms with E-state index < -0.39 is 46.3 Å². The minimum absolute atomic E-state index is 0.266. The van der Waals surface area contributed by atoms with Gasteiger partial charge in [0.05, 0.1) is 0 Å². The summed E-state index contributed by atoms with van der Waals surface area (Å²) in [5.74, 6) is -12.1. The second kappa shape index (κ2) is 5.26. The van der Waals surface area contributed by atoms with Gasteiger partial charge in [0.25, 0.3) is 0 Å². The lowest BCUT2D eigenvalue weighted by molar-refractivity contribution is -0.142. The quantitative estimate of drug-likeness (QED) is 0.527. The number of nitrogens with zero attached hydrogens (tertiary/aromatic N) is 1. The van der Waals surface area contributed by atoms with E-state index in [9.17, 15) is 26.7 Å². The van der Waals surface area contributed by atoms with E-state index >= 15 is 0 Å². The summed E-state index contributed by atoms with van der Waals surface area (Å²) in [4.78, 5) is 11.7. The van der Waals surface area contributed by atoms with Crippen LogP contribution in [0.15, 0.2) is 0 Å². The molecule has 0 saturated carbocycles. The third kappa shape index (κ3) is 2.30. The number of anilines is 1. The molecule has 0 fully saturated rings. The van der Waals surface area contributed by atoms with Crippen molar-refractivity contribution in [3.63, 3.8) is 0 Å². The summed E-state index contributed by atoms with van der Waals surface area (Å²) >= 11 is 0. The fourth-order valence-electron chi connectivity index (χ4n) is 1.78. The zero-order valence-corrected chi connectivity index (χ0v) is 10.9. The molecule has 0 unspecified atom stereocenters. The topological polar surface area (TPSA) is 40.5 Å². The van der Waals surface area contributed by atoms with Crippen molar-refractivity contribution in [1.29, 1.82) is 0 Å². The van der Waals surface area contributed by atoms with Gasteiger partial charge in [-0.3, -0.25) is 0 Å². The van der Waals surface area contributed by atoms with Crippen molar-refractivity contribution in [2.45, 2.75) is 26.3 Å². The van der Waals surface area contributed by atoms with Crippen molar-refractivity contribution in [1.82, 2.24) is 0 Å². The smallest absolute Gasteiger partial charge is 0.328 e. The van der Waals surface area contributed by atoms with Crippen molar-refractivity contribution < 1.29 is 31.9 Å². The fraction of sp³-hybridized carbons (Fsp3) is 0.417. The molecule has 0 spiro atoms. The predicted molar refractivity (Wildman–Crippen MR) is 61.0 cm³/mol. The molecule has 1 aromatic rings. The molecule has 0 aliphatic rings. The summed E-state index contributed by atoms with van der Waals surface area (Å²) in [5.41, 5.74) is -3.11. The number of likely N-dealkylation sites (N-methyl/N-ethyl adjacent to an activating group) is 1. The minimum Gasteiger partial charge on any atom is -0.480 e. The molecule has 0 radical (unpaired) electrons. The van der Waals surface area contributed by atoms with Crippen LogP contribution >= 0.6 is 0 Å². The lowest BCUT2D eigenvalue weighted by atomic mass is 10.0. The first-order chi connectivity index (χ1) is 9.07. The van der Waals surface area contributed by atoms with Crippen LogP contribution in [0.25, 0.3) is 0 Å².